The van der Waals surface area contributed by atoms with E-state index in [9.17, 15) is 9.59 Å². The molecule has 1 saturated heterocycles. The number of hydrogen-bond acceptors (Lipinski definition) is 5. The minimum Gasteiger partial charge on any atom is -0.497 e. The van der Waals surface area contributed by atoms with Crippen molar-refractivity contribution in [3.8, 4) is 5.75 Å². The molecule has 1 fully saturated rings. The molecule has 1 aliphatic rings. The summed E-state index contributed by atoms with van der Waals surface area (Å²) in [5, 5.41) is 6.27. The molecule has 1 aliphatic heterocycles. The summed E-state index contributed by atoms with van der Waals surface area (Å²) in [6.45, 7) is 1.05. The number of carbonyl (C=O) groups excluding carboxylic acids is 2. The van der Waals surface area contributed by atoms with Crippen molar-refractivity contribution in [2.24, 2.45) is 5.10 Å². The van der Waals surface area contributed by atoms with E-state index in [0.717, 1.165) is 18.4 Å². The molecule has 2 amide bonds. The van der Waals surface area contributed by atoms with Gasteiger partial charge in [0.25, 0.3) is 0 Å². The number of amides is 2. The van der Waals surface area contributed by atoms with E-state index in [1.807, 2.05) is 0 Å². The number of nitrogens with zero attached hydrogens (tertiary/aromatic N) is 1. The van der Waals surface area contributed by atoms with Crippen molar-refractivity contribution in [3.05, 3.63) is 29.8 Å². The van der Waals surface area contributed by atoms with Crippen LogP contribution in [-0.4, -0.2) is 44.4 Å². The third-order valence-electron chi connectivity index (χ3n) is 3.19. The Labute approximate surface area is 128 Å². The number of nitrogens with one attached hydrogen (secondary N) is 2. The van der Waals surface area contributed by atoms with E-state index in [2.05, 4.69) is 15.8 Å². The highest BCUT2D eigenvalue weighted by atomic mass is 16.5. The number of rotatable bonds is 5. The third-order valence-corrected chi connectivity index (χ3v) is 3.19. The number of hydrazone groups is 1. The standard InChI is InChI=1S/C15H19N3O4/c1-21-12-5-2-4-11(8-12)9-17-18-15(20)14(19)16-10-13-6-3-7-22-13/h2,4-5,8-9,13H,3,6-7,10H2,1H3,(H,16,19)(H,18,20)/b17-9+. The number of methoxy groups -OCH3 is 1. The Morgan fingerprint density at radius 3 is 3.05 bits per heavy atom. The Hall–Kier alpha value is -2.41. The van der Waals surface area contributed by atoms with Crippen molar-refractivity contribution >= 4 is 18.0 Å². The first-order valence-corrected chi connectivity index (χ1v) is 7.06. The molecule has 7 nitrogen and oxygen atoms in total. The van der Waals surface area contributed by atoms with E-state index in [4.69, 9.17) is 9.47 Å². The van der Waals surface area contributed by atoms with E-state index in [1.165, 1.54) is 6.21 Å². The lowest BCUT2D eigenvalue weighted by Gasteiger charge is -2.09. The zero-order valence-electron chi connectivity index (χ0n) is 12.4. The predicted octanol–water partition coefficient (Wildman–Crippen LogP) is 0.440. The van der Waals surface area contributed by atoms with Crippen LogP contribution in [0.15, 0.2) is 29.4 Å². The molecule has 2 rings (SSSR count). The van der Waals surface area contributed by atoms with Gasteiger partial charge in [0.1, 0.15) is 5.75 Å². The average molecular weight is 305 g/mol. The molecule has 0 bridgehead atoms. The number of ether oxygens (including phenoxy) is 2. The van der Waals surface area contributed by atoms with Gasteiger partial charge in [-0.3, -0.25) is 9.59 Å². The van der Waals surface area contributed by atoms with Crippen LogP contribution in [0.1, 0.15) is 18.4 Å². The second kappa shape index (κ2) is 8.14. The Balaban J connectivity index is 1.75. The van der Waals surface area contributed by atoms with Gasteiger partial charge in [-0.15, -0.1) is 0 Å². The molecule has 0 radical (unpaired) electrons. The summed E-state index contributed by atoms with van der Waals surface area (Å²) in [5.74, 6) is -0.847. The van der Waals surface area contributed by atoms with E-state index >= 15 is 0 Å². The molecule has 7 heteroatoms. The van der Waals surface area contributed by atoms with Crippen LogP contribution in [0, 0.1) is 0 Å². The quantitative estimate of drug-likeness (QED) is 0.469. The monoisotopic (exact) mass is 305 g/mol. The Morgan fingerprint density at radius 2 is 2.32 bits per heavy atom. The molecule has 1 unspecified atom stereocenters. The summed E-state index contributed by atoms with van der Waals surface area (Å²) < 4.78 is 10.4. The van der Waals surface area contributed by atoms with E-state index < -0.39 is 11.8 Å². The molecule has 0 aromatic heterocycles. The second-order valence-corrected chi connectivity index (χ2v) is 4.82. The fourth-order valence-electron chi connectivity index (χ4n) is 2.03. The maximum absolute atomic E-state index is 11.6. The first kappa shape index (κ1) is 16.0. The van der Waals surface area contributed by atoms with Gasteiger partial charge in [0.2, 0.25) is 0 Å². The third kappa shape index (κ3) is 4.85. The van der Waals surface area contributed by atoms with Crippen molar-refractivity contribution in [1.82, 2.24) is 10.7 Å². The summed E-state index contributed by atoms with van der Waals surface area (Å²) >= 11 is 0. The molecule has 0 saturated carbocycles. The van der Waals surface area contributed by atoms with Crippen molar-refractivity contribution in [3.63, 3.8) is 0 Å². The van der Waals surface area contributed by atoms with Crippen LogP contribution < -0.4 is 15.5 Å². The molecule has 0 aliphatic carbocycles. The van der Waals surface area contributed by atoms with Gasteiger partial charge >= 0.3 is 11.8 Å². The highest BCUT2D eigenvalue weighted by molar-refractivity contribution is 6.35. The number of carbonyl (C=O) groups is 2. The Kier molecular flexibility index (Phi) is 5.91. The number of hydrogen-bond donors (Lipinski definition) is 2. The first-order valence-electron chi connectivity index (χ1n) is 7.06. The topological polar surface area (TPSA) is 89.0 Å². The van der Waals surface area contributed by atoms with Crippen LogP contribution >= 0.6 is 0 Å². The molecular formula is C15H19N3O4. The Morgan fingerprint density at radius 1 is 1.45 bits per heavy atom. The van der Waals surface area contributed by atoms with Gasteiger partial charge in [-0.1, -0.05) is 12.1 Å². The summed E-state index contributed by atoms with van der Waals surface area (Å²) in [6, 6.07) is 7.16. The fourth-order valence-corrected chi connectivity index (χ4v) is 2.03. The maximum atomic E-state index is 11.6. The summed E-state index contributed by atoms with van der Waals surface area (Å²) in [7, 11) is 1.57. The van der Waals surface area contributed by atoms with E-state index in [0.29, 0.717) is 18.9 Å². The largest absolute Gasteiger partial charge is 0.497 e. The van der Waals surface area contributed by atoms with Gasteiger partial charge in [0.15, 0.2) is 0 Å². The van der Waals surface area contributed by atoms with Gasteiger partial charge < -0.3 is 14.8 Å². The molecule has 1 aromatic rings. The van der Waals surface area contributed by atoms with Crippen molar-refractivity contribution in [2.45, 2.75) is 18.9 Å². The molecule has 1 heterocycles. The summed E-state index contributed by atoms with van der Waals surface area (Å²) in [4.78, 5) is 23.1. The summed E-state index contributed by atoms with van der Waals surface area (Å²) in [5.41, 5.74) is 2.93. The maximum Gasteiger partial charge on any atom is 0.329 e. The minimum absolute atomic E-state index is 0.00275. The second-order valence-electron chi connectivity index (χ2n) is 4.82. The van der Waals surface area contributed by atoms with Crippen LogP contribution in [0.2, 0.25) is 0 Å². The molecule has 22 heavy (non-hydrogen) atoms. The van der Waals surface area contributed by atoms with Gasteiger partial charge in [-0.2, -0.15) is 5.10 Å². The number of benzene rings is 1. The first-order chi connectivity index (χ1) is 10.7. The lowest BCUT2D eigenvalue weighted by molar-refractivity contribution is -0.139. The Bertz CT molecular complexity index is 553. The molecule has 2 N–H and O–H groups in total. The highest BCUT2D eigenvalue weighted by Gasteiger charge is 2.18. The smallest absolute Gasteiger partial charge is 0.329 e. The lowest BCUT2D eigenvalue weighted by Crippen LogP contribution is -2.41. The predicted molar refractivity (Wildman–Crippen MR) is 80.7 cm³/mol. The molecular weight excluding hydrogens is 286 g/mol. The zero-order chi connectivity index (χ0) is 15.8. The van der Waals surface area contributed by atoms with Gasteiger partial charge in [-0.25, -0.2) is 5.43 Å². The molecule has 0 spiro atoms. The van der Waals surface area contributed by atoms with Crippen LogP contribution in [0.5, 0.6) is 5.75 Å². The van der Waals surface area contributed by atoms with Crippen molar-refractivity contribution in [2.75, 3.05) is 20.3 Å². The molecule has 118 valence electrons. The lowest BCUT2D eigenvalue weighted by atomic mass is 10.2. The SMILES string of the molecule is COc1cccc(/C=N/NC(=O)C(=O)NCC2CCCO2)c1. The molecule has 1 aromatic carbocycles. The van der Waals surface area contributed by atoms with E-state index in [1.54, 1.807) is 31.4 Å². The van der Waals surface area contributed by atoms with Crippen LogP contribution in [0.3, 0.4) is 0 Å². The summed E-state index contributed by atoms with van der Waals surface area (Å²) in [6.07, 6.45) is 3.32. The average Bonchev–Trinajstić information content (AvgIpc) is 3.06. The highest BCUT2D eigenvalue weighted by Crippen LogP contribution is 2.11. The molecule has 1 atom stereocenters. The van der Waals surface area contributed by atoms with Gasteiger partial charge in [0, 0.05) is 13.2 Å². The van der Waals surface area contributed by atoms with Crippen molar-refractivity contribution < 1.29 is 19.1 Å². The zero-order valence-corrected chi connectivity index (χ0v) is 12.4. The minimum atomic E-state index is -0.808. The normalized spacial score (nSPS) is 17.4. The van der Waals surface area contributed by atoms with E-state index in [-0.39, 0.29) is 6.10 Å². The van der Waals surface area contributed by atoms with Crippen molar-refractivity contribution in [1.29, 1.82) is 0 Å². The van der Waals surface area contributed by atoms with Gasteiger partial charge in [0.05, 0.1) is 19.4 Å². The van der Waals surface area contributed by atoms with Gasteiger partial charge in [-0.05, 0) is 30.5 Å². The van der Waals surface area contributed by atoms with Crippen LogP contribution in [-0.2, 0) is 14.3 Å². The fraction of sp³-hybridized carbons (Fsp3) is 0.400. The van der Waals surface area contributed by atoms with Crippen LogP contribution in [0.4, 0.5) is 0 Å². The van der Waals surface area contributed by atoms with Crippen LogP contribution in [0.25, 0.3) is 0 Å².